The minimum atomic E-state index is -0.354. The molecule has 0 amide bonds. The minimum Gasteiger partial charge on any atom is -0.456 e. The van der Waals surface area contributed by atoms with Gasteiger partial charge in [0.2, 0.25) is 0 Å². The molecule has 1 heterocycles. The summed E-state index contributed by atoms with van der Waals surface area (Å²) in [6.45, 7) is 4.19. The van der Waals surface area contributed by atoms with Crippen molar-refractivity contribution in [3.63, 3.8) is 0 Å². The van der Waals surface area contributed by atoms with Crippen molar-refractivity contribution in [1.29, 1.82) is 0 Å². The average Bonchev–Trinajstić information content (AvgIpc) is 2.84. The third-order valence-electron chi connectivity index (χ3n) is 4.33. The first-order chi connectivity index (χ1) is 9.43. The van der Waals surface area contributed by atoms with E-state index in [1.165, 1.54) is 6.07 Å². The Labute approximate surface area is 118 Å². The largest absolute Gasteiger partial charge is 0.456 e. The number of nitrogens with one attached hydrogen (secondary N) is 1. The summed E-state index contributed by atoms with van der Waals surface area (Å²) in [5, 5.41) is 0.748. The molecule has 4 nitrogen and oxygen atoms in total. The fourth-order valence-electron chi connectivity index (χ4n) is 2.54. The van der Waals surface area contributed by atoms with Gasteiger partial charge in [0.25, 0.3) is 0 Å². The molecule has 0 aliphatic rings. The van der Waals surface area contributed by atoms with Crippen LogP contribution >= 0.6 is 0 Å². The van der Waals surface area contributed by atoms with Gasteiger partial charge in [-0.05, 0) is 39.6 Å². The van der Waals surface area contributed by atoms with Gasteiger partial charge in [0.1, 0.15) is 5.76 Å². The summed E-state index contributed by atoms with van der Waals surface area (Å²) in [6, 6.07) is 6.52. The van der Waals surface area contributed by atoms with Crippen LogP contribution in [0.1, 0.15) is 32.1 Å². The highest BCUT2D eigenvalue weighted by molar-refractivity contribution is 5.78. The number of hydrazine groups is 1. The molecule has 2 aromatic rings. The zero-order valence-corrected chi connectivity index (χ0v) is 12.4. The van der Waals surface area contributed by atoms with Crippen LogP contribution in [0.3, 0.4) is 0 Å². The van der Waals surface area contributed by atoms with E-state index < -0.39 is 0 Å². The Morgan fingerprint density at radius 2 is 2.15 bits per heavy atom. The number of benzene rings is 1. The number of nitrogens with two attached hydrogens (primary N) is 1. The quantitative estimate of drug-likeness (QED) is 0.653. The SMILES string of the molecule is CCC(C)(C(NN)c1cc2cccc(F)c2o1)N(C)C. The molecule has 0 saturated carbocycles. The lowest BCUT2D eigenvalue weighted by Crippen LogP contribution is -2.52. The van der Waals surface area contributed by atoms with Gasteiger partial charge in [0, 0.05) is 10.9 Å². The Hall–Kier alpha value is -1.43. The van der Waals surface area contributed by atoms with Crippen molar-refractivity contribution in [3.05, 3.63) is 35.8 Å². The molecule has 5 heteroatoms. The molecular formula is C15H22FN3O. The van der Waals surface area contributed by atoms with Crippen LogP contribution in [-0.2, 0) is 0 Å². The summed E-state index contributed by atoms with van der Waals surface area (Å²) in [6.07, 6.45) is 0.869. The van der Waals surface area contributed by atoms with Gasteiger partial charge in [-0.25, -0.2) is 9.82 Å². The maximum Gasteiger partial charge on any atom is 0.169 e. The van der Waals surface area contributed by atoms with Crippen molar-refractivity contribution >= 4 is 11.0 Å². The number of fused-ring (bicyclic) bond motifs is 1. The van der Waals surface area contributed by atoms with Crippen LogP contribution in [0.5, 0.6) is 0 Å². The molecular weight excluding hydrogens is 257 g/mol. The predicted octanol–water partition coefficient (Wildman–Crippen LogP) is 2.81. The van der Waals surface area contributed by atoms with Crippen LogP contribution in [0.2, 0.25) is 0 Å². The van der Waals surface area contributed by atoms with Crippen molar-refractivity contribution in [1.82, 2.24) is 10.3 Å². The molecule has 0 saturated heterocycles. The first-order valence-electron chi connectivity index (χ1n) is 6.75. The number of nitrogens with zero attached hydrogens (tertiary/aromatic N) is 1. The number of hydrogen-bond donors (Lipinski definition) is 2. The van der Waals surface area contributed by atoms with Gasteiger partial charge in [-0.15, -0.1) is 0 Å². The third-order valence-corrected chi connectivity index (χ3v) is 4.33. The van der Waals surface area contributed by atoms with E-state index in [0.717, 1.165) is 11.8 Å². The molecule has 0 radical (unpaired) electrons. The molecule has 2 atom stereocenters. The highest BCUT2D eigenvalue weighted by atomic mass is 19.1. The summed E-state index contributed by atoms with van der Waals surface area (Å²) in [7, 11) is 3.99. The van der Waals surface area contributed by atoms with Crippen molar-refractivity contribution < 1.29 is 8.81 Å². The van der Waals surface area contributed by atoms with E-state index in [9.17, 15) is 4.39 Å². The average molecular weight is 279 g/mol. The Morgan fingerprint density at radius 3 is 2.65 bits per heavy atom. The van der Waals surface area contributed by atoms with E-state index in [0.29, 0.717) is 5.76 Å². The van der Waals surface area contributed by atoms with Crippen LogP contribution in [0.4, 0.5) is 4.39 Å². The minimum absolute atomic E-state index is 0.228. The van der Waals surface area contributed by atoms with E-state index in [2.05, 4.69) is 24.2 Å². The van der Waals surface area contributed by atoms with Crippen LogP contribution < -0.4 is 11.3 Å². The Morgan fingerprint density at radius 1 is 1.45 bits per heavy atom. The maximum absolute atomic E-state index is 13.7. The third kappa shape index (κ3) is 2.32. The molecule has 0 spiro atoms. The Balaban J connectivity index is 2.52. The Bertz CT molecular complexity index is 596. The van der Waals surface area contributed by atoms with E-state index in [1.54, 1.807) is 6.07 Å². The maximum atomic E-state index is 13.7. The first kappa shape index (κ1) is 15.0. The molecule has 110 valence electrons. The second-order valence-electron chi connectivity index (χ2n) is 5.51. The highest BCUT2D eigenvalue weighted by Crippen LogP contribution is 2.35. The predicted molar refractivity (Wildman–Crippen MR) is 78.6 cm³/mol. The fourth-order valence-corrected chi connectivity index (χ4v) is 2.54. The fraction of sp³-hybridized carbons (Fsp3) is 0.467. The zero-order valence-electron chi connectivity index (χ0n) is 12.4. The summed E-state index contributed by atoms with van der Waals surface area (Å²) in [5.74, 6) is 6.02. The summed E-state index contributed by atoms with van der Waals surface area (Å²) in [5.41, 5.74) is 2.85. The van der Waals surface area contributed by atoms with Gasteiger partial charge in [-0.1, -0.05) is 19.1 Å². The van der Waals surface area contributed by atoms with Crippen molar-refractivity contribution in [3.8, 4) is 0 Å². The standard InChI is InChI=1S/C15H22FN3O/c1-5-15(2,19(3)4)14(18-17)12-9-10-7-6-8-11(16)13(10)20-12/h6-9,14,18H,5,17H2,1-4H3. The van der Waals surface area contributed by atoms with E-state index >= 15 is 0 Å². The molecule has 1 aromatic heterocycles. The van der Waals surface area contributed by atoms with Crippen molar-refractivity contribution in [2.75, 3.05) is 14.1 Å². The lowest BCUT2D eigenvalue weighted by Gasteiger charge is -2.41. The lowest BCUT2D eigenvalue weighted by molar-refractivity contribution is 0.102. The summed E-state index contributed by atoms with van der Waals surface area (Å²) >= 11 is 0. The number of halogens is 1. The summed E-state index contributed by atoms with van der Waals surface area (Å²) < 4.78 is 19.5. The van der Waals surface area contributed by atoms with Crippen molar-refractivity contribution in [2.24, 2.45) is 5.84 Å². The molecule has 20 heavy (non-hydrogen) atoms. The normalized spacial score (nSPS) is 16.6. The number of furan rings is 1. The van der Waals surface area contributed by atoms with Gasteiger partial charge in [-0.3, -0.25) is 5.84 Å². The first-order valence-corrected chi connectivity index (χ1v) is 6.75. The lowest BCUT2D eigenvalue weighted by atomic mass is 9.86. The highest BCUT2D eigenvalue weighted by Gasteiger charge is 2.37. The van der Waals surface area contributed by atoms with E-state index in [4.69, 9.17) is 10.3 Å². The molecule has 0 fully saturated rings. The van der Waals surface area contributed by atoms with E-state index in [-0.39, 0.29) is 23.0 Å². The van der Waals surface area contributed by atoms with Crippen LogP contribution in [-0.4, -0.2) is 24.5 Å². The molecule has 3 N–H and O–H groups in total. The van der Waals surface area contributed by atoms with Gasteiger partial charge in [0.15, 0.2) is 11.4 Å². The number of rotatable bonds is 5. The number of likely N-dealkylation sites (N-methyl/N-ethyl adjacent to an activating group) is 1. The second-order valence-corrected chi connectivity index (χ2v) is 5.51. The van der Waals surface area contributed by atoms with Gasteiger partial charge in [-0.2, -0.15) is 0 Å². The molecule has 0 aliphatic carbocycles. The molecule has 0 aliphatic heterocycles. The summed E-state index contributed by atoms with van der Waals surface area (Å²) in [4.78, 5) is 2.10. The zero-order chi connectivity index (χ0) is 14.9. The van der Waals surface area contributed by atoms with Gasteiger partial charge >= 0.3 is 0 Å². The Kier molecular flexibility index (Phi) is 4.13. The number of para-hydroxylation sites is 1. The number of hydrogen-bond acceptors (Lipinski definition) is 4. The van der Waals surface area contributed by atoms with Crippen LogP contribution in [0.15, 0.2) is 28.7 Å². The van der Waals surface area contributed by atoms with Crippen LogP contribution in [0.25, 0.3) is 11.0 Å². The van der Waals surface area contributed by atoms with Gasteiger partial charge < -0.3 is 9.32 Å². The van der Waals surface area contributed by atoms with Gasteiger partial charge in [0.05, 0.1) is 6.04 Å². The monoisotopic (exact) mass is 279 g/mol. The van der Waals surface area contributed by atoms with Crippen LogP contribution in [0, 0.1) is 5.82 Å². The smallest absolute Gasteiger partial charge is 0.169 e. The van der Waals surface area contributed by atoms with Crippen molar-refractivity contribution in [2.45, 2.75) is 31.8 Å². The second kappa shape index (κ2) is 5.52. The molecule has 2 rings (SSSR count). The van der Waals surface area contributed by atoms with E-state index in [1.807, 2.05) is 26.2 Å². The topological polar surface area (TPSA) is 54.4 Å². The molecule has 1 aromatic carbocycles. The molecule has 2 unspecified atom stereocenters. The molecule has 0 bridgehead atoms.